The Kier molecular flexibility index (Phi) is 4.72. The van der Waals surface area contributed by atoms with Gasteiger partial charge in [0.2, 0.25) is 5.91 Å². The second-order valence-electron chi connectivity index (χ2n) is 7.36. The number of phenols is 1. The van der Waals surface area contributed by atoms with Crippen LogP contribution in [0.25, 0.3) is 0 Å². The predicted octanol–water partition coefficient (Wildman–Crippen LogP) is 1.74. The van der Waals surface area contributed by atoms with Crippen molar-refractivity contribution in [3.63, 3.8) is 0 Å². The number of phenolic OH excluding ortho intramolecular Hbond substituents is 1. The predicted molar refractivity (Wildman–Crippen MR) is 98.1 cm³/mol. The molecule has 0 radical (unpaired) electrons. The Hall–Kier alpha value is -1.73. The molecule has 1 aromatic carbocycles. The molecule has 2 aliphatic heterocycles. The van der Waals surface area contributed by atoms with Gasteiger partial charge in [-0.25, -0.2) is 0 Å². The van der Waals surface area contributed by atoms with Gasteiger partial charge in [-0.1, -0.05) is 12.1 Å². The molecule has 6 nitrogen and oxygen atoms in total. The van der Waals surface area contributed by atoms with E-state index in [2.05, 4.69) is 24.5 Å². The molecule has 1 fully saturated rings. The lowest BCUT2D eigenvalue weighted by molar-refractivity contribution is -0.133. The number of nitrogens with one attached hydrogen (secondary N) is 2. The molecule has 25 heavy (non-hydrogen) atoms. The van der Waals surface area contributed by atoms with E-state index in [1.165, 1.54) is 11.9 Å². The first-order chi connectivity index (χ1) is 11.7. The third kappa shape index (κ3) is 3.35. The van der Waals surface area contributed by atoms with E-state index in [-0.39, 0.29) is 34.4 Å². The molecule has 0 saturated carbocycles. The topological polar surface area (TPSA) is 81.7 Å². The molecule has 7 heteroatoms. The zero-order valence-electron chi connectivity index (χ0n) is 15.0. The monoisotopic (exact) mass is 363 g/mol. The van der Waals surface area contributed by atoms with Gasteiger partial charge in [-0.15, -0.1) is 0 Å². The van der Waals surface area contributed by atoms with Crippen molar-refractivity contribution in [1.29, 1.82) is 0 Å². The molecule has 3 N–H and O–H groups in total. The minimum atomic E-state index is -0.629. The van der Waals surface area contributed by atoms with Crippen molar-refractivity contribution in [3.8, 4) is 5.75 Å². The second-order valence-corrected chi connectivity index (χ2v) is 9.04. The number of carbonyl (C=O) groups is 2. The van der Waals surface area contributed by atoms with Crippen LogP contribution in [0, 0.1) is 0 Å². The normalized spacial score (nSPS) is 25.8. The maximum Gasteiger partial charge on any atom is 0.255 e. The first kappa shape index (κ1) is 18.1. The molecule has 3 atom stereocenters. The highest BCUT2D eigenvalue weighted by atomic mass is 32.2. The Morgan fingerprint density at radius 2 is 2.16 bits per heavy atom. The number of amides is 2. The zero-order valence-corrected chi connectivity index (χ0v) is 15.8. The van der Waals surface area contributed by atoms with Crippen LogP contribution in [0.15, 0.2) is 18.2 Å². The van der Waals surface area contributed by atoms with Crippen molar-refractivity contribution in [2.24, 2.45) is 0 Å². The van der Waals surface area contributed by atoms with Crippen LogP contribution in [0.2, 0.25) is 0 Å². The molecule has 0 aromatic heterocycles. The van der Waals surface area contributed by atoms with Crippen molar-refractivity contribution >= 4 is 23.8 Å². The number of benzene rings is 1. The lowest BCUT2D eigenvalue weighted by Gasteiger charge is -2.26. The molecule has 2 aliphatic rings. The molecule has 1 saturated heterocycles. The summed E-state index contributed by atoms with van der Waals surface area (Å²) in [5.41, 5.74) is 1.73. The van der Waals surface area contributed by atoms with Gasteiger partial charge < -0.3 is 15.7 Å². The standard InChI is InChI=1S/C18H25N3O3S/c1-10(19-4)16(23)20-12-8-11-6-5-7-14(22)15(11)13-9-18(2,3)25-21(13)17(12)24/h5-7,10,12-13,19,22H,8-9H2,1-4H3,(H,20,23)/t10-,12-,13+/m0/s1. The van der Waals surface area contributed by atoms with Crippen LogP contribution >= 0.6 is 11.9 Å². The fourth-order valence-electron chi connectivity index (χ4n) is 3.50. The highest BCUT2D eigenvalue weighted by Crippen LogP contribution is 2.53. The third-order valence-corrected chi connectivity index (χ3v) is 6.19. The highest BCUT2D eigenvalue weighted by Gasteiger charge is 2.47. The molecule has 0 bridgehead atoms. The molecule has 0 aliphatic carbocycles. The molecule has 0 unspecified atom stereocenters. The lowest BCUT2D eigenvalue weighted by Crippen LogP contribution is -2.51. The van der Waals surface area contributed by atoms with Gasteiger partial charge in [0.05, 0.1) is 12.1 Å². The summed E-state index contributed by atoms with van der Waals surface area (Å²) < 4.78 is 1.64. The van der Waals surface area contributed by atoms with E-state index in [1.807, 2.05) is 6.07 Å². The van der Waals surface area contributed by atoms with E-state index in [4.69, 9.17) is 0 Å². The summed E-state index contributed by atoms with van der Waals surface area (Å²) in [6.07, 6.45) is 1.15. The Morgan fingerprint density at radius 3 is 2.84 bits per heavy atom. The van der Waals surface area contributed by atoms with Crippen LogP contribution in [0.4, 0.5) is 0 Å². The minimum Gasteiger partial charge on any atom is -0.508 e. The first-order valence-electron chi connectivity index (χ1n) is 8.54. The van der Waals surface area contributed by atoms with Gasteiger partial charge in [0, 0.05) is 16.7 Å². The summed E-state index contributed by atoms with van der Waals surface area (Å²) in [4.78, 5) is 25.4. The average molecular weight is 363 g/mol. The Balaban J connectivity index is 1.99. The van der Waals surface area contributed by atoms with Crippen LogP contribution in [-0.4, -0.2) is 45.1 Å². The number of fused-ring (bicyclic) bond motifs is 3. The number of likely N-dealkylation sites (N-methyl/N-ethyl adjacent to an activating group) is 1. The number of hydrogen-bond acceptors (Lipinski definition) is 5. The lowest BCUT2D eigenvalue weighted by atomic mass is 9.91. The fourth-order valence-corrected chi connectivity index (χ4v) is 4.79. The van der Waals surface area contributed by atoms with Gasteiger partial charge >= 0.3 is 0 Å². The van der Waals surface area contributed by atoms with Gasteiger partial charge in [0.15, 0.2) is 0 Å². The number of hydrogen-bond donors (Lipinski definition) is 3. The number of rotatable bonds is 3. The number of aromatic hydroxyl groups is 1. The summed E-state index contributed by atoms with van der Waals surface area (Å²) in [5.74, 6) is -0.0912. The Morgan fingerprint density at radius 1 is 1.44 bits per heavy atom. The maximum atomic E-state index is 13.1. The maximum absolute atomic E-state index is 13.1. The average Bonchev–Trinajstić information content (AvgIpc) is 2.83. The number of carbonyl (C=O) groups excluding carboxylic acids is 2. The Labute approximate surface area is 152 Å². The van der Waals surface area contributed by atoms with E-state index >= 15 is 0 Å². The third-order valence-electron chi connectivity index (χ3n) is 4.90. The van der Waals surface area contributed by atoms with Gasteiger partial charge in [0.25, 0.3) is 5.91 Å². The molecule has 0 spiro atoms. The van der Waals surface area contributed by atoms with E-state index in [0.717, 1.165) is 17.5 Å². The van der Waals surface area contributed by atoms with Gasteiger partial charge in [0.1, 0.15) is 11.8 Å². The van der Waals surface area contributed by atoms with Crippen molar-refractivity contribution in [1.82, 2.24) is 14.9 Å². The summed E-state index contributed by atoms with van der Waals surface area (Å²) in [6.45, 7) is 5.94. The Bertz CT molecular complexity index is 707. The fraction of sp³-hybridized carbons (Fsp3) is 0.556. The molecule has 2 heterocycles. The molecule has 3 rings (SSSR count). The largest absolute Gasteiger partial charge is 0.508 e. The number of nitrogens with zero attached hydrogens (tertiary/aromatic N) is 1. The second kappa shape index (κ2) is 6.53. The molecule has 136 valence electrons. The molecule has 2 amide bonds. The summed E-state index contributed by atoms with van der Waals surface area (Å²) in [7, 11) is 1.71. The zero-order chi connectivity index (χ0) is 18.4. The van der Waals surface area contributed by atoms with Crippen molar-refractivity contribution in [2.45, 2.75) is 56.5 Å². The van der Waals surface area contributed by atoms with E-state index in [1.54, 1.807) is 30.4 Å². The van der Waals surface area contributed by atoms with E-state index in [0.29, 0.717) is 6.42 Å². The van der Waals surface area contributed by atoms with E-state index in [9.17, 15) is 14.7 Å². The summed E-state index contributed by atoms with van der Waals surface area (Å²) >= 11 is 1.50. The van der Waals surface area contributed by atoms with Gasteiger partial charge in [-0.05, 0) is 57.8 Å². The molecular weight excluding hydrogens is 338 g/mol. The van der Waals surface area contributed by atoms with Crippen molar-refractivity contribution < 1.29 is 14.7 Å². The summed E-state index contributed by atoms with van der Waals surface area (Å²) in [6, 6.07) is 4.21. The van der Waals surface area contributed by atoms with Crippen LogP contribution < -0.4 is 10.6 Å². The quantitative estimate of drug-likeness (QED) is 0.713. The summed E-state index contributed by atoms with van der Waals surface area (Å²) in [5, 5.41) is 16.2. The SMILES string of the molecule is CN[C@@H](C)C(=O)N[C@H]1Cc2cccc(O)c2[C@H]2CC(C)(C)SN2C1=O. The van der Waals surface area contributed by atoms with Crippen LogP contribution in [-0.2, 0) is 16.0 Å². The van der Waals surface area contributed by atoms with Gasteiger partial charge in [-0.2, -0.15) is 0 Å². The van der Waals surface area contributed by atoms with Crippen LogP contribution in [0.1, 0.15) is 44.4 Å². The van der Waals surface area contributed by atoms with Crippen molar-refractivity contribution in [2.75, 3.05) is 7.05 Å². The van der Waals surface area contributed by atoms with Crippen LogP contribution in [0.3, 0.4) is 0 Å². The molecule has 1 aromatic rings. The van der Waals surface area contributed by atoms with E-state index < -0.39 is 6.04 Å². The minimum absolute atomic E-state index is 0.104. The first-order valence-corrected chi connectivity index (χ1v) is 9.31. The smallest absolute Gasteiger partial charge is 0.255 e. The van der Waals surface area contributed by atoms with Crippen LogP contribution in [0.5, 0.6) is 5.75 Å². The van der Waals surface area contributed by atoms with Gasteiger partial charge in [-0.3, -0.25) is 13.9 Å². The van der Waals surface area contributed by atoms with Crippen molar-refractivity contribution in [3.05, 3.63) is 29.3 Å². The molecular formula is C18H25N3O3S. The highest BCUT2D eigenvalue weighted by molar-refractivity contribution is 7.99.